The molecule has 1 amide bonds. The Morgan fingerprint density at radius 2 is 2.23 bits per heavy atom. The van der Waals surface area contributed by atoms with Crippen LogP contribution in [0.15, 0.2) is 29.6 Å². The number of benzene rings is 1. The number of piperidine rings is 1. The van der Waals surface area contributed by atoms with Gasteiger partial charge in [0, 0.05) is 24.9 Å². The molecule has 0 saturated carbocycles. The molecule has 0 radical (unpaired) electrons. The van der Waals surface area contributed by atoms with Crippen molar-refractivity contribution in [3.8, 4) is 0 Å². The molecular weight excluding hydrogens is 344 g/mol. The summed E-state index contributed by atoms with van der Waals surface area (Å²) in [7, 11) is 0. The van der Waals surface area contributed by atoms with Crippen LogP contribution in [0, 0.1) is 5.92 Å². The number of aromatic nitrogens is 3. The molecule has 0 aliphatic carbocycles. The van der Waals surface area contributed by atoms with Crippen molar-refractivity contribution in [3.05, 3.63) is 46.2 Å². The van der Waals surface area contributed by atoms with Crippen LogP contribution in [0.25, 0.3) is 11.0 Å². The van der Waals surface area contributed by atoms with Crippen LogP contribution in [0.4, 0.5) is 0 Å². The van der Waals surface area contributed by atoms with Crippen molar-refractivity contribution in [2.45, 2.75) is 39.0 Å². The molecule has 0 bridgehead atoms. The van der Waals surface area contributed by atoms with E-state index >= 15 is 0 Å². The minimum Gasteiger partial charge on any atom is -0.342 e. The molecule has 5 nitrogen and oxygen atoms in total. The van der Waals surface area contributed by atoms with Crippen molar-refractivity contribution in [2.75, 3.05) is 13.1 Å². The molecule has 0 spiro atoms. The van der Waals surface area contributed by atoms with E-state index in [1.54, 1.807) is 11.3 Å². The van der Waals surface area contributed by atoms with Crippen LogP contribution in [0.3, 0.4) is 0 Å². The second-order valence-electron chi connectivity index (χ2n) is 7.04. The summed E-state index contributed by atoms with van der Waals surface area (Å²) in [5.74, 6) is 1.55. The van der Waals surface area contributed by atoms with Gasteiger partial charge in [-0.25, -0.2) is 9.97 Å². The zero-order chi connectivity index (χ0) is 17.9. The highest BCUT2D eigenvalue weighted by atomic mass is 32.1. The predicted molar refractivity (Wildman–Crippen MR) is 105 cm³/mol. The van der Waals surface area contributed by atoms with E-state index in [-0.39, 0.29) is 5.91 Å². The second kappa shape index (κ2) is 7.58. The predicted octanol–water partition coefficient (Wildman–Crippen LogP) is 4.07. The van der Waals surface area contributed by atoms with Gasteiger partial charge in [0.1, 0.15) is 11.5 Å². The van der Waals surface area contributed by atoms with Gasteiger partial charge < -0.3 is 9.88 Å². The number of para-hydroxylation sites is 2. The maximum Gasteiger partial charge on any atom is 0.273 e. The molecule has 3 heterocycles. The monoisotopic (exact) mass is 368 g/mol. The Kier molecular flexibility index (Phi) is 5.02. The summed E-state index contributed by atoms with van der Waals surface area (Å²) in [5.41, 5.74) is 2.71. The van der Waals surface area contributed by atoms with Crippen molar-refractivity contribution in [3.63, 3.8) is 0 Å². The first-order chi connectivity index (χ1) is 12.7. The van der Waals surface area contributed by atoms with Crippen LogP contribution in [-0.4, -0.2) is 38.8 Å². The minimum absolute atomic E-state index is 0.0814. The number of hydrogen-bond donors (Lipinski definition) is 1. The second-order valence-corrected chi connectivity index (χ2v) is 7.98. The Morgan fingerprint density at radius 1 is 1.35 bits per heavy atom. The Hall–Kier alpha value is -2.21. The van der Waals surface area contributed by atoms with Gasteiger partial charge in [0.15, 0.2) is 0 Å². The van der Waals surface area contributed by atoms with Crippen LogP contribution < -0.4 is 0 Å². The number of aryl methyl sites for hydroxylation is 1. The molecule has 4 rings (SSSR count). The van der Waals surface area contributed by atoms with E-state index in [9.17, 15) is 4.79 Å². The first-order valence-electron chi connectivity index (χ1n) is 9.40. The molecule has 136 valence electrons. The molecule has 1 fully saturated rings. The molecule has 1 saturated heterocycles. The summed E-state index contributed by atoms with van der Waals surface area (Å²) in [4.78, 5) is 27.4. The lowest BCUT2D eigenvalue weighted by Crippen LogP contribution is -2.40. The fourth-order valence-corrected chi connectivity index (χ4v) is 4.57. The topological polar surface area (TPSA) is 61.9 Å². The smallest absolute Gasteiger partial charge is 0.273 e. The number of carbonyl (C=O) groups is 1. The number of hydrogen-bond acceptors (Lipinski definition) is 4. The molecule has 1 atom stereocenters. The molecule has 2 aromatic heterocycles. The van der Waals surface area contributed by atoms with Crippen LogP contribution in [0.2, 0.25) is 0 Å². The Morgan fingerprint density at radius 3 is 3.08 bits per heavy atom. The van der Waals surface area contributed by atoms with E-state index in [0.717, 1.165) is 67.1 Å². The third-order valence-electron chi connectivity index (χ3n) is 4.96. The summed E-state index contributed by atoms with van der Waals surface area (Å²) in [6.45, 7) is 3.75. The number of imidazole rings is 1. The lowest BCUT2D eigenvalue weighted by atomic mass is 9.94. The van der Waals surface area contributed by atoms with Gasteiger partial charge in [0.2, 0.25) is 0 Å². The van der Waals surface area contributed by atoms with Gasteiger partial charge in [0.05, 0.1) is 16.0 Å². The number of rotatable bonds is 5. The SMILES string of the molecule is CCCc1nc(C(=O)N2CCCC(Cc3nc4ccccc4[nH]3)C2)cs1. The largest absolute Gasteiger partial charge is 0.342 e. The number of H-pyrrole nitrogens is 1. The van der Waals surface area contributed by atoms with Gasteiger partial charge in [-0.15, -0.1) is 11.3 Å². The molecule has 1 aliphatic heterocycles. The van der Waals surface area contributed by atoms with Gasteiger partial charge >= 0.3 is 0 Å². The average Bonchev–Trinajstić information content (AvgIpc) is 3.28. The lowest BCUT2D eigenvalue weighted by molar-refractivity contribution is 0.0667. The van der Waals surface area contributed by atoms with Crippen LogP contribution in [-0.2, 0) is 12.8 Å². The molecule has 3 aromatic rings. The van der Waals surface area contributed by atoms with Crippen LogP contribution in [0.5, 0.6) is 0 Å². The number of aromatic amines is 1. The van der Waals surface area contributed by atoms with Crippen molar-refractivity contribution >= 4 is 28.3 Å². The number of nitrogens with one attached hydrogen (secondary N) is 1. The van der Waals surface area contributed by atoms with E-state index in [1.807, 2.05) is 28.5 Å². The van der Waals surface area contributed by atoms with Crippen molar-refractivity contribution in [2.24, 2.45) is 5.92 Å². The number of thiazole rings is 1. The van der Waals surface area contributed by atoms with Crippen LogP contribution >= 0.6 is 11.3 Å². The summed E-state index contributed by atoms with van der Waals surface area (Å²) in [5, 5.41) is 2.97. The maximum atomic E-state index is 12.8. The zero-order valence-corrected chi connectivity index (χ0v) is 15.9. The summed E-state index contributed by atoms with van der Waals surface area (Å²) in [6.07, 6.45) is 5.08. The van der Waals surface area contributed by atoms with Crippen LogP contribution in [0.1, 0.15) is 47.5 Å². The third kappa shape index (κ3) is 3.65. The summed E-state index contributed by atoms with van der Waals surface area (Å²) >= 11 is 1.60. The number of amides is 1. The van der Waals surface area contributed by atoms with Gasteiger partial charge in [-0.1, -0.05) is 19.1 Å². The first kappa shape index (κ1) is 17.2. The highest BCUT2D eigenvalue weighted by molar-refractivity contribution is 7.09. The van der Waals surface area contributed by atoms with Crippen molar-refractivity contribution in [1.29, 1.82) is 0 Å². The third-order valence-corrected chi connectivity index (χ3v) is 5.87. The molecule has 1 aromatic carbocycles. The number of fused-ring (bicyclic) bond motifs is 1. The summed E-state index contributed by atoms with van der Waals surface area (Å²) in [6, 6.07) is 8.11. The standard InChI is InChI=1S/C20H24N4OS/c1-2-6-19-23-17(13-26-19)20(25)24-10-5-7-14(12-24)11-18-21-15-8-3-4-9-16(15)22-18/h3-4,8-9,13-14H,2,5-7,10-12H2,1H3,(H,21,22). The molecular formula is C20H24N4OS. The van der Waals surface area contributed by atoms with Gasteiger partial charge in [-0.05, 0) is 43.7 Å². The Bertz CT molecular complexity index is 867. The zero-order valence-electron chi connectivity index (χ0n) is 15.1. The maximum absolute atomic E-state index is 12.8. The van der Waals surface area contributed by atoms with Crippen molar-refractivity contribution < 1.29 is 4.79 Å². The Labute approximate surface area is 157 Å². The fourth-order valence-electron chi connectivity index (χ4n) is 3.69. The number of nitrogens with zero attached hydrogens (tertiary/aromatic N) is 3. The molecule has 1 aliphatic rings. The van der Waals surface area contributed by atoms with Gasteiger partial charge in [-0.3, -0.25) is 4.79 Å². The summed E-state index contributed by atoms with van der Waals surface area (Å²) < 4.78 is 0. The minimum atomic E-state index is 0.0814. The van der Waals surface area contributed by atoms with Gasteiger partial charge in [-0.2, -0.15) is 0 Å². The quantitative estimate of drug-likeness (QED) is 0.738. The Balaban J connectivity index is 1.42. The highest BCUT2D eigenvalue weighted by Gasteiger charge is 2.26. The first-order valence-corrected chi connectivity index (χ1v) is 10.3. The average molecular weight is 369 g/mol. The molecule has 6 heteroatoms. The molecule has 26 heavy (non-hydrogen) atoms. The number of carbonyl (C=O) groups excluding carboxylic acids is 1. The fraction of sp³-hybridized carbons (Fsp3) is 0.450. The van der Waals surface area contributed by atoms with E-state index in [4.69, 9.17) is 0 Å². The van der Waals surface area contributed by atoms with E-state index < -0.39 is 0 Å². The molecule has 1 unspecified atom stereocenters. The normalized spacial score (nSPS) is 17.7. The molecule has 1 N–H and O–H groups in total. The van der Waals surface area contributed by atoms with E-state index in [0.29, 0.717) is 11.6 Å². The van der Waals surface area contributed by atoms with Gasteiger partial charge in [0.25, 0.3) is 5.91 Å². The van der Waals surface area contributed by atoms with Crippen molar-refractivity contribution in [1.82, 2.24) is 19.9 Å². The highest BCUT2D eigenvalue weighted by Crippen LogP contribution is 2.23. The number of likely N-dealkylation sites (tertiary alicyclic amines) is 1. The van der Waals surface area contributed by atoms with E-state index in [1.165, 1.54) is 0 Å². The van der Waals surface area contributed by atoms with E-state index in [2.05, 4.69) is 27.9 Å². The lowest BCUT2D eigenvalue weighted by Gasteiger charge is -2.32.